The summed E-state index contributed by atoms with van der Waals surface area (Å²) in [6.45, 7) is 1.14. The van der Waals surface area contributed by atoms with Crippen molar-refractivity contribution in [2.75, 3.05) is 32.5 Å². The molecule has 2 aromatic rings. The van der Waals surface area contributed by atoms with Crippen LogP contribution in [0, 0.1) is 5.92 Å². The normalized spacial score (nSPS) is 16.8. The molecule has 27 heavy (non-hydrogen) atoms. The van der Waals surface area contributed by atoms with E-state index in [1.165, 1.54) is 16.9 Å². The fraction of sp³-hybridized carbons (Fsp3) is 0.474. The highest BCUT2D eigenvalue weighted by Gasteiger charge is 2.29. The van der Waals surface area contributed by atoms with Crippen LogP contribution < -0.4 is 5.32 Å². The summed E-state index contributed by atoms with van der Waals surface area (Å²) in [4.78, 5) is 28.0. The number of nitrogens with one attached hydrogen (secondary N) is 1. The first-order valence-corrected chi connectivity index (χ1v) is 9.98. The van der Waals surface area contributed by atoms with Crippen LogP contribution in [-0.4, -0.2) is 59.1 Å². The third-order valence-electron chi connectivity index (χ3n) is 4.61. The maximum atomic E-state index is 12.6. The number of carbonyl (C=O) groups excluding carboxylic acids is 2. The van der Waals surface area contributed by atoms with E-state index in [2.05, 4.69) is 27.6 Å². The third-order valence-corrected chi connectivity index (χ3v) is 5.51. The Morgan fingerprint density at radius 2 is 2.00 bits per heavy atom. The molecular weight excluding hydrogens is 362 g/mol. The zero-order valence-electron chi connectivity index (χ0n) is 15.7. The van der Waals surface area contributed by atoms with Gasteiger partial charge >= 0.3 is 6.03 Å². The van der Waals surface area contributed by atoms with E-state index in [0.717, 1.165) is 30.7 Å². The second kappa shape index (κ2) is 8.94. The summed E-state index contributed by atoms with van der Waals surface area (Å²) in [6, 6.07) is 10.2. The van der Waals surface area contributed by atoms with E-state index in [1.807, 2.05) is 18.2 Å². The van der Waals surface area contributed by atoms with E-state index in [0.29, 0.717) is 18.2 Å². The average molecular weight is 388 g/mol. The van der Waals surface area contributed by atoms with E-state index >= 15 is 0 Å². The van der Waals surface area contributed by atoms with E-state index in [4.69, 9.17) is 0 Å². The number of urea groups is 1. The van der Waals surface area contributed by atoms with Gasteiger partial charge in [0.15, 0.2) is 0 Å². The Balaban J connectivity index is 1.52. The molecule has 1 fully saturated rings. The molecule has 3 amide bonds. The number of nitrogens with zero attached hydrogens (tertiary/aromatic N) is 4. The number of anilines is 1. The number of rotatable bonds is 5. The highest BCUT2D eigenvalue weighted by Crippen LogP contribution is 2.22. The standard InChI is InChI=1S/C19H25N5O2S/c1-23(2)19(26)24-12-6-9-15(13-24)17(25)20-18-22-21-16(27-18)11-10-14-7-4-3-5-8-14/h3-5,7-8,15H,6,9-13H2,1-2H3,(H,20,22,25). The highest BCUT2D eigenvalue weighted by molar-refractivity contribution is 7.15. The van der Waals surface area contributed by atoms with Crippen LogP contribution in [0.5, 0.6) is 0 Å². The molecule has 1 aromatic heterocycles. The van der Waals surface area contributed by atoms with Crippen LogP contribution >= 0.6 is 11.3 Å². The van der Waals surface area contributed by atoms with Gasteiger partial charge in [-0.3, -0.25) is 4.79 Å². The van der Waals surface area contributed by atoms with Gasteiger partial charge in [-0.2, -0.15) is 0 Å². The Hall–Kier alpha value is -2.48. The first kappa shape index (κ1) is 19.3. The number of hydrogen-bond acceptors (Lipinski definition) is 5. The number of aromatic nitrogens is 2. The second-order valence-electron chi connectivity index (χ2n) is 6.94. The summed E-state index contributed by atoms with van der Waals surface area (Å²) in [5, 5.41) is 12.6. The molecule has 0 bridgehead atoms. The molecule has 1 aliphatic heterocycles. The van der Waals surface area contributed by atoms with E-state index < -0.39 is 0 Å². The topological polar surface area (TPSA) is 78.4 Å². The van der Waals surface area contributed by atoms with Crippen LogP contribution in [0.2, 0.25) is 0 Å². The Labute approximate surface area is 163 Å². The van der Waals surface area contributed by atoms with Crippen molar-refractivity contribution in [2.45, 2.75) is 25.7 Å². The summed E-state index contributed by atoms with van der Waals surface area (Å²) in [5.41, 5.74) is 1.26. The molecule has 1 aliphatic rings. The van der Waals surface area contributed by atoms with Crippen molar-refractivity contribution in [2.24, 2.45) is 5.92 Å². The fourth-order valence-corrected chi connectivity index (χ4v) is 3.90. The van der Waals surface area contributed by atoms with Gasteiger partial charge in [0.2, 0.25) is 11.0 Å². The minimum atomic E-state index is -0.209. The SMILES string of the molecule is CN(C)C(=O)N1CCCC(C(=O)Nc2nnc(CCc3ccccc3)s2)C1. The van der Waals surface area contributed by atoms with Gasteiger partial charge < -0.3 is 15.1 Å². The number of hydrogen-bond donors (Lipinski definition) is 1. The second-order valence-corrected chi connectivity index (χ2v) is 8.00. The summed E-state index contributed by atoms with van der Waals surface area (Å²) >= 11 is 1.41. The maximum absolute atomic E-state index is 12.6. The lowest BCUT2D eigenvalue weighted by Crippen LogP contribution is -2.47. The molecule has 144 valence electrons. The van der Waals surface area contributed by atoms with Crippen LogP contribution in [0.3, 0.4) is 0 Å². The van der Waals surface area contributed by atoms with Crippen LogP contribution in [0.25, 0.3) is 0 Å². The van der Waals surface area contributed by atoms with Crippen molar-refractivity contribution in [3.8, 4) is 0 Å². The van der Waals surface area contributed by atoms with Gasteiger partial charge in [-0.25, -0.2) is 4.79 Å². The lowest BCUT2D eigenvalue weighted by Gasteiger charge is -2.33. The monoisotopic (exact) mass is 387 g/mol. The Bertz CT molecular complexity index is 777. The fourth-order valence-electron chi connectivity index (χ4n) is 3.16. The van der Waals surface area contributed by atoms with E-state index in [-0.39, 0.29) is 17.9 Å². The van der Waals surface area contributed by atoms with Crippen molar-refractivity contribution in [3.63, 3.8) is 0 Å². The summed E-state index contributed by atoms with van der Waals surface area (Å²) in [6.07, 6.45) is 3.30. The molecule has 8 heteroatoms. The molecule has 0 spiro atoms. The minimum absolute atomic E-state index is 0.0494. The number of likely N-dealkylation sites (tertiary alicyclic amines) is 1. The van der Waals surface area contributed by atoms with Gasteiger partial charge in [0.1, 0.15) is 5.01 Å². The number of benzene rings is 1. The third kappa shape index (κ3) is 5.26. The summed E-state index contributed by atoms with van der Waals surface area (Å²) in [7, 11) is 3.45. The molecule has 0 radical (unpaired) electrons. The summed E-state index contributed by atoms with van der Waals surface area (Å²) < 4.78 is 0. The molecule has 1 saturated heterocycles. The number of piperidine rings is 1. The van der Waals surface area contributed by atoms with E-state index in [9.17, 15) is 9.59 Å². The molecule has 3 rings (SSSR count). The Morgan fingerprint density at radius 3 is 2.74 bits per heavy atom. The lowest BCUT2D eigenvalue weighted by molar-refractivity contribution is -0.121. The zero-order valence-corrected chi connectivity index (χ0v) is 16.5. The van der Waals surface area contributed by atoms with Crippen LogP contribution in [0.15, 0.2) is 30.3 Å². The predicted octanol–water partition coefficient (Wildman–Crippen LogP) is 2.66. The Kier molecular flexibility index (Phi) is 6.39. The van der Waals surface area contributed by atoms with E-state index in [1.54, 1.807) is 23.9 Å². The number of amides is 3. The van der Waals surface area contributed by atoms with Gasteiger partial charge in [-0.1, -0.05) is 41.7 Å². The predicted molar refractivity (Wildman–Crippen MR) is 106 cm³/mol. The average Bonchev–Trinajstić information content (AvgIpc) is 3.14. The molecular formula is C19H25N5O2S. The quantitative estimate of drug-likeness (QED) is 0.855. The number of carbonyl (C=O) groups is 2. The largest absolute Gasteiger partial charge is 0.331 e. The van der Waals surface area contributed by atoms with Crippen LogP contribution in [0.4, 0.5) is 9.93 Å². The van der Waals surface area contributed by atoms with Gasteiger partial charge in [-0.15, -0.1) is 10.2 Å². The number of aryl methyl sites for hydroxylation is 2. The highest BCUT2D eigenvalue weighted by atomic mass is 32.1. The lowest BCUT2D eigenvalue weighted by atomic mass is 9.97. The van der Waals surface area contributed by atoms with Crippen LogP contribution in [-0.2, 0) is 17.6 Å². The van der Waals surface area contributed by atoms with Gasteiger partial charge in [0, 0.05) is 33.6 Å². The van der Waals surface area contributed by atoms with Crippen LogP contribution in [0.1, 0.15) is 23.4 Å². The molecule has 0 saturated carbocycles. The van der Waals surface area contributed by atoms with Crippen molar-refractivity contribution in [1.82, 2.24) is 20.0 Å². The smallest absolute Gasteiger partial charge is 0.319 e. The maximum Gasteiger partial charge on any atom is 0.319 e. The molecule has 7 nitrogen and oxygen atoms in total. The van der Waals surface area contributed by atoms with Gasteiger partial charge in [0.25, 0.3) is 0 Å². The Morgan fingerprint density at radius 1 is 1.22 bits per heavy atom. The molecule has 1 aromatic carbocycles. The van der Waals surface area contributed by atoms with Crippen molar-refractivity contribution < 1.29 is 9.59 Å². The zero-order chi connectivity index (χ0) is 19.2. The first-order valence-electron chi connectivity index (χ1n) is 9.16. The first-order chi connectivity index (χ1) is 13.0. The van der Waals surface area contributed by atoms with Crippen molar-refractivity contribution in [3.05, 3.63) is 40.9 Å². The molecule has 1 N–H and O–H groups in total. The van der Waals surface area contributed by atoms with Crippen molar-refractivity contribution >= 4 is 28.4 Å². The minimum Gasteiger partial charge on any atom is -0.331 e. The summed E-state index contributed by atoms with van der Waals surface area (Å²) in [5.74, 6) is -0.295. The molecule has 0 aliphatic carbocycles. The van der Waals surface area contributed by atoms with Gasteiger partial charge in [0.05, 0.1) is 5.92 Å². The molecule has 1 atom stereocenters. The molecule has 2 heterocycles. The molecule has 1 unspecified atom stereocenters. The van der Waals surface area contributed by atoms with Gasteiger partial charge in [-0.05, 0) is 24.8 Å². The van der Waals surface area contributed by atoms with Crippen molar-refractivity contribution in [1.29, 1.82) is 0 Å².